The van der Waals surface area contributed by atoms with Gasteiger partial charge in [0.05, 0.1) is 0 Å². The van der Waals surface area contributed by atoms with E-state index >= 15 is 0 Å². The molecule has 1 fully saturated rings. The fourth-order valence-electron chi connectivity index (χ4n) is 2.37. The van der Waals surface area contributed by atoms with Gasteiger partial charge in [0.25, 0.3) is 0 Å². The summed E-state index contributed by atoms with van der Waals surface area (Å²) in [4.78, 5) is 23.1. The van der Waals surface area contributed by atoms with Crippen LogP contribution >= 0.6 is 0 Å². The maximum absolute atomic E-state index is 13.2. The van der Waals surface area contributed by atoms with E-state index in [4.69, 9.17) is 5.11 Å². The van der Waals surface area contributed by atoms with Gasteiger partial charge in [-0.3, -0.25) is 4.79 Å². The van der Waals surface area contributed by atoms with Crippen LogP contribution in [0.4, 0.5) is 8.78 Å². The second kappa shape index (κ2) is 5.79. The van der Waals surface area contributed by atoms with Crippen molar-refractivity contribution in [3.8, 4) is 0 Å². The lowest BCUT2D eigenvalue weighted by molar-refractivity contribution is -0.143. The van der Waals surface area contributed by atoms with Crippen molar-refractivity contribution in [1.82, 2.24) is 5.32 Å². The van der Waals surface area contributed by atoms with Crippen LogP contribution in [0.25, 0.3) is 0 Å². The van der Waals surface area contributed by atoms with Gasteiger partial charge in [0, 0.05) is 5.92 Å². The van der Waals surface area contributed by atoms with Gasteiger partial charge in [-0.1, -0.05) is 19.9 Å². The van der Waals surface area contributed by atoms with E-state index < -0.39 is 23.6 Å². The number of carboxylic acid groups (broad SMARTS) is 1. The van der Waals surface area contributed by atoms with Crippen molar-refractivity contribution < 1.29 is 23.5 Å². The smallest absolute Gasteiger partial charge is 0.326 e. The fraction of sp³-hybridized carbons (Fsp3) is 0.467. The molecule has 6 heteroatoms. The molecule has 0 aromatic heterocycles. The molecule has 1 amide bonds. The molecule has 21 heavy (non-hydrogen) atoms. The molecule has 1 aromatic rings. The standard InChI is InChI=1S/C15H17F2NO3/c1-7(2)13(15(20)21)18-14(19)10-6-9(10)8-3-4-11(16)12(17)5-8/h3-5,7,9-10,13H,6H2,1-2H3,(H,18,19)(H,20,21). The van der Waals surface area contributed by atoms with E-state index in [0.29, 0.717) is 12.0 Å². The van der Waals surface area contributed by atoms with E-state index in [9.17, 15) is 18.4 Å². The average molecular weight is 297 g/mol. The lowest BCUT2D eigenvalue weighted by atomic mass is 10.0. The molecule has 0 radical (unpaired) electrons. The summed E-state index contributed by atoms with van der Waals surface area (Å²) < 4.78 is 26.0. The number of carbonyl (C=O) groups excluding carboxylic acids is 1. The van der Waals surface area contributed by atoms with Crippen molar-refractivity contribution in [3.05, 3.63) is 35.4 Å². The molecule has 0 heterocycles. The zero-order chi connectivity index (χ0) is 15.7. The van der Waals surface area contributed by atoms with Gasteiger partial charge in [0.2, 0.25) is 5.91 Å². The normalized spacial score (nSPS) is 22.0. The predicted octanol–water partition coefficient (Wildman–Crippen LogP) is 2.29. The average Bonchev–Trinajstić information content (AvgIpc) is 3.18. The molecule has 114 valence electrons. The summed E-state index contributed by atoms with van der Waals surface area (Å²) in [7, 11) is 0. The van der Waals surface area contributed by atoms with Crippen molar-refractivity contribution >= 4 is 11.9 Å². The summed E-state index contributed by atoms with van der Waals surface area (Å²) in [5.41, 5.74) is 0.561. The van der Waals surface area contributed by atoms with Gasteiger partial charge in [-0.05, 0) is 36.0 Å². The van der Waals surface area contributed by atoms with E-state index in [2.05, 4.69) is 5.32 Å². The number of amides is 1. The Morgan fingerprint density at radius 1 is 1.29 bits per heavy atom. The minimum absolute atomic E-state index is 0.179. The number of hydrogen-bond acceptors (Lipinski definition) is 2. The minimum Gasteiger partial charge on any atom is -0.480 e. The first kappa shape index (κ1) is 15.4. The van der Waals surface area contributed by atoms with Crippen LogP contribution in [0, 0.1) is 23.5 Å². The maximum Gasteiger partial charge on any atom is 0.326 e. The van der Waals surface area contributed by atoms with Gasteiger partial charge in [-0.25, -0.2) is 13.6 Å². The van der Waals surface area contributed by atoms with Crippen molar-refractivity contribution in [2.45, 2.75) is 32.2 Å². The lowest BCUT2D eigenvalue weighted by Gasteiger charge is -2.17. The fourth-order valence-corrected chi connectivity index (χ4v) is 2.37. The second-order valence-electron chi connectivity index (χ2n) is 5.69. The summed E-state index contributed by atoms with van der Waals surface area (Å²) in [6, 6.07) is 2.63. The highest BCUT2D eigenvalue weighted by molar-refractivity contribution is 5.87. The number of rotatable bonds is 5. The number of carbonyl (C=O) groups is 2. The van der Waals surface area contributed by atoms with Gasteiger partial charge in [0.1, 0.15) is 6.04 Å². The highest BCUT2D eigenvalue weighted by atomic mass is 19.2. The SMILES string of the molecule is CC(C)C(NC(=O)C1CC1c1ccc(F)c(F)c1)C(=O)O. The van der Waals surface area contributed by atoms with Crippen molar-refractivity contribution in [1.29, 1.82) is 0 Å². The molecule has 0 aliphatic heterocycles. The van der Waals surface area contributed by atoms with Gasteiger partial charge in [-0.2, -0.15) is 0 Å². The summed E-state index contributed by atoms with van der Waals surface area (Å²) in [6.07, 6.45) is 0.515. The van der Waals surface area contributed by atoms with Crippen LogP contribution in [0.15, 0.2) is 18.2 Å². The highest BCUT2D eigenvalue weighted by Crippen LogP contribution is 2.47. The molecule has 1 aromatic carbocycles. The van der Waals surface area contributed by atoms with Crippen LogP contribution in [0.3, 0.4) is 0 Å². The number of aliphatic carboxylic acids is 1. The van der Waals surface area contributed by atoms with Crippen LogP contribution in [-0.4, -0.2) is 23.0 Å². The van der Waals surface area contributed by atoms with Gasteiger partial charge >= 0.3 is 5.97 Å². The second-order valence-corrected chi connectivity index (χ2v) is 5.69. The summed E-state index contributed by atoms with van der Waals surface area (Å²) >= 11 is 0. The molecule has 0 spiro atoms. The van der Waals surface area contributed by atoms with Crippen molar-refractivity contribution in [2.24, 2.45) is 11.8 Å². The first-order valence-corrected chi connectivity index (χ1v) is 6.79. The Kier molecular flexibility index (Phi) is 4.25. The predicted molar refractivity (Wildman–Crippen MR) is 71.6 cm³/mol. The Hall–Kier alpha value is -1.98. The molecular formula is C15H17F2NO3. The monoisotopic (exact) mass is 297 g/mol. The molecule has 1 aliphatic rings. The maximum atomic E-state index is 13.2. The van der Waals surface area contributed by atoms with E-state index in [-0.39, 0.29) is 23.7 Å². The number of halogens is 2. The van der Waals surface area contributed by atoms with Crippen LogP contribution in [0.2, 0.25) is 0 Å². The molecule has 3 atom stereocenters. The summed E-state index contributed by atoms with van der Waals surface area (Å²) in [5.74, 6) is -4.09. The molecule has 3 unspecified atom stereocenters. The van der Waals surface area contributed by atoms with Crippen LogP contribution < -0.4 is 5.32 Å². The third-order valence-electron chi connectivity index (χ3n) is 3.73. The quantitative estimate of drug-likeness (QED) is 0.876. The summed E-state index contributed by atoms with van der Waals surface area (Å²) in [6.45, 7) is 3.41. The van der Waals surface area contributed by atoms with Gasteiger partial charge < -0.3 is 10.4 Å². The largest absolute Gasteiger partial charge is 0.480 e. The molecule has 0 bridgehead atoms. The third kappa shape index (κ3) is 3.37. The highest BCUT2D eigenvalue weighted by Gasteiger charge is 2.45. The van der Waals surface area contributed by atoms with Crippen LogP contribution in [0.5, 0.6) is 0 Å². The summed E-state index contributed by atoms with van der Waals surface area (Å²) in [5, 5.41) is 11.5. The first-order valence-electron chi connectivity index (χ1n) is 6.79. The molecular weight excluding hydrogens is 280 g/mol. The number of hydrogen-bond donors (Lipinski definition) is 2. The van der Waals surface area contributed by atoms with E-state index in [1.807, 2.05) is 0 Å². The Balaban J connectivity index is 2.00. The van der Waals surface area contributed by atoms with E-state index in [1.165, 1.54) is 6.07 Å². The third-order valence-corrected chi connectivity index (χ3v) is 3.73. The van der Waals surface area contributed by atoms with Crippen LogP contribution in [-0.2, 0) is 9.59 Å². The van der Waals surface area contributed by atoms with Crippen molar-refractivity contribution in [3.63, 3.8) is 0 Å². The number of benzene rings is 1. The Morgan fingerprint density at radius 3 is 2.48 bits per heavy atom. The lowest BCUT2D eigenvalue weighted by Crippen LogP contribution is -2.45. The molecule has 1 aliphatic carbocycles. The number of nitrogens with one attached hydrogen (secondary N) is 1. The number of carboxylic acids is 1. The van der Waals surface area contributed by atoms with Crippen molar-refractivity contribution in [2.75, 3.05) is 0 Å². The van der Waals surface area contributed by atoms with E-state index in [0.717, 1.165) is 12.1 Å². The molecule has 2 rings (SSSR count). The van der Waals surface area contributed by atoms with Gasteiger partial charge in [0.15, 0.2) is 11.6 Å². The zero-order valence-electron chi connectivity index (χ0n) is 11.8. The van der Waals surface area contributed by atoms with Gasteiger partial charge in [-0.15, -0.1) is 0 Å². The Morgan fingerprint density at radius 2 is 1.95 bits per heavy atom. The molecule has 0 saturated heterocycles. The first-order chi connectivity index (χ1) is 9.81. The van der Waals surface area contributed by atoms with E-state index in [1.54, 1.807) is 13.8 Å². The topological polar surface area (TPSA) is 66.4 Å². The molecule has 2 N–H and O–H groups in total. The zero-order valence-corrected chi connectivity index (χ0v) is 11.8. The minimum atomic E-state index is -1.08. The Labute approximate surface area is 121 Å². The Bertz CT molecular complexity index is 574. The molecule has 1 saturated carbocycles. The molecule has 4 nitrogen and oxygen atoms in total. The van der Waals surface area contributed by atoms with Crippen LogP contribution in [0.1, 0.15) is 31.7 Å².